The monoisotopic (exact) mass is 431 g/mol. The summed E-state index contributed by atoms with van der Waals surface area (Å²) in [5.74, 6) is -0.281. The van der Waals surface area contributed by atoms with E-state index in [1.54, 1.807) is 12.1 Å². The molecule has 0 radical (unpaired) electrons. The van der Waals surface area contributed by atoms with E-state index in [1.165, 1.54) is 12.1 Å². The van der Waals surface area contributed by atoms with Crippen molar-refractivity contribution < 1.29 is 24.3 Å². The number of nitrogens with zero attached hydrogens (tertiary/aromatic N) is 1. The van der Waals surface area contributed by atoms with Gasteiger partial charge in [0, 0.05) is 12.8 Å². The summed E-state index contributed by atoms with van der Waals surface area (Å²) in [7, 11) is 0. The van der Waals surface area contributed by atoms with Gasteiger partial charge in [-0.05, 0) is 23.3 Å². The molecule has 0 aliphatic carbocycles. The zero-order chi connectivity index (χ0) is 21.3. The van der Waals surface area contributed by atoms with E-state index >= 15 is 0 Å². The van der Waals surface area contributed by atoms with Crippen molar-refractivity contribution in [2.75, 3.05) is 6.54 Å². The molecule has 3 rings (SSSR count). The van der Waals surface area contributed by atoms with E-state index in [1.807, 2.05) is 30.3 Å². The molecule has 0 spiro atoms. The van der Waals surface area contributed by atoms with Crippen LogP contribution in [0.15, 0.2) is 59.8 Å². The summed E-state index contributed by atoms with van der Waals surface area (Å²) in [5, 5.41) is 18.8. The number of alkyl carbamates (subject to hydrolysis) is 1. The number of ether oxygens (including phenoxy) is 1. The Labute approximate surface area is 178 Å². The summed E-state index contributed by atoms with van der Waals surface area (Å²) < 4.78 is 5.23. The van der Waals surface area contributed by atoms with Crippen LogP contribution in [-0.2, 0) is 27.4 Å². The van der Waals surface area contributed by atoms with Crippen molar-refractivity contribution >= 4 is 28.8 Å². The van der Waals surface area contributed by atoms with E-state index in [0.29, 0.717) is 11.6 Å². The predicted molar refractivity (Wildman–Crippen MR) is 111 cm³/mol. The first-order chi connectivity index (χ1) is 14.5. The molecule has 30 heavy (non-hydrogen) atoms. The van der Waals surface area contributed by atoms with E-state index in [0.717, 1.165) is 11.1 Å². The molecule has 2 amide bonds. The van der Waals surface area contributed by atoms with E-state index in [2.05, 4.69) is 15.8 Å². The Kier molecular flexibility index (Phi) is 7.51. The molecule has 9 heteroatoms. The third-order valence-electron chi connectivity index (χ3n) is 4.40. The minimum atomic E-state index is -0.879. The lowest BCUT2D eigenvalue weighted by Gasteiger charge is -2.19. The standard InChI is InChI=1S/C21H22ClN3O5/c22-19-11-17(30-25-19)12-23-20(27)18(10-14-6-8-16(26)9-7-14)24-21(28)29-13-15-4-2-1-3-5-15/h1-9,17-18,26H,10-13H2,(H,23,27)(H,24,28)/t17?,18-/m0/s1. The zero-order valence-corrected chi connectivity index (χ0v) is 16.8. The van der Waals surface area contributed by atoms with Crippen molar-refractivity contribution in [1.29, 1.82) is 0 Å². The van der Waals surface area contributed by atoms with Crippen LogP contribution in [0.2, 0.25) is 0 Å². The van der Waals surface area contributed by atoms with Crippen LogP contribution in [0.1, 0.15) is 17.5 Å². The van der Waals surface area contributed by atoms with Gasteiger partial charge in [-0.2, -0.15) is 0 Å². The van der Waals surface area contributed by atoms with Gasteiger partial charge >= 0.3 is 6.09 Å². The third-order valence-corrected chi connectivity index (χ3v) is 4.62. The number of halogens is 1. The Morgan fingerprint density at radius 3 is 2.57 bits per heavy atom. The molecule has 3 N–H and O–H groups in total. The van der Waals surface area contributed by atoms with E-state index in [9.17, 15) is 14.7 Å². The molecule has 0 saturated heterocycles. The minimum absolute atomic E-state index is 0.0893. The SMILES string of the molecule is O=C(N[C@@H](Cc1ccc(O)cc1)C(=O)NCC1CC(Cl)=NO1)OCc1ccccc1. The van der Waals surface area contributed by atoms with Crippen LogP contribution in [0, 0.1) is 0 Å². The van der Waals surface area contributed by atoms with Crippen LogP contribution in [0.5, 0.6) is 5.75 Å². The number of amides is 2. The molecule has 0 fully saturated rings. The van der Waals surface area contributed by atoms with Crippen LogP contribution >= 0.6 is 11.6 Å². The maximum absolute atomic E-state index is 12.7. The average Bonchev–Trinajstić information content (AvgIpc) is 3.17. The highest BCUT2D eigenvalue weighted by Crippen LogP contribution is 2.13. The molecule has 8 nitrogen and oxygen atoms in total. The molecule has 0 bridgehead atoms. The molecule has 2 aromatic carbocycles. The van der Waals surface area contributed by atoms with Crippen molar-refractivity contribution in [1.82, 2.24) is 10.6 Å². The summed E-state index contributed by atoms with van der Waals surface area (Å²) in [6.45, 7) is 0.289. The van der Waals surface area contributed by atoms with Crippen LogP contribution in [0.4, 0.5) is 4.79 Å². The van der Waals surface area contributed by atoms with Crippen LogP contribution in [0.3, 0.4) is 0 Å². The number of hydrogen-bond donors (Lipinski definition) is 3. The maximum Gasteiger partial charge on any atom is 0.408 e. The second-order valence-electron chi connectivity index (χ2n) is 6.77. The van der Waals surface area contributed by atoms with Gasteiger partial charge in [0.15, 0.2) is 6.10 Å². The Bertz CT molecular complexity index is 889. The molecule has 1 aliphatic rings. The molecule has 1 aliphatic heterocycles. The lowest BCUT2D eigenvalue weighted by Crippen LogP contribution is -2.49. The van der Waals surface area contributed by atoms with E-state index in [-0.39, 0.29) is 31.4 Å². The third kappa shape index (κ3) is 6.66. The lowest BCUT2D eigenvalue weighted by molar-refractivity contribution is -0.123. The number of rotatable bonds is 8. The molecule has 158 valence electrons. The topological polar surface area (TPSA) is 109 Å². The van der Waals surface area contributed by atoms with Gasteiger partial charge in [-0.3, -0.25) is 4.79 Å². The number of hydrogen-bond acceptors (Lipinski definition) is 6. The first-order valence-corrected chi connectivity index (χ1v) is 9.78. The minimum Gasteiger partial charge on any atom is -0.508 e. The van der Waals surface area contributed by atoms with Crippen molar-refractivity contribution in [3.63, 3.8) is 0 Å². The highest BCUT2D eigenvalue weighted by atomic mass is 35.5. The molecule has 0 aromatic heterocycles. The average molecular weight is 432 g/mol. The van der Waals surface area contributed by atoms with Crippen molar-refractivity contribution in [3.8, 4) is 5.75 Å². The van der Waals surface area contributed by atoms with Gasteiger partial charge in [0.2, 0.25) is 5.91 Å². The summed E-state index contributed by atoms with van der Waals surface area (Å²) in [6.07, 6.45) is -0.422. The summed E-state index contributed by atoms with van der Waals surface area (Å²) >= 11 is 5.78. The number of carbonyl (C=O) groups excluding carboxylic acids is 2. The van der Waals surface area contributed by atoms with Gasteiger partial charge in [-0.1, -0.05) is 59.2 Å². The van der Waals surface area contributed by atoms with Gasteiger partial charge in [-0.25, -0.2) is 4.79 Å². The molecular weight excluding hydrogens is 410 g/mol. The summed E-state index contributed by atoms with van der Waals surface area (Å²) in [6, 6.07) is 14.8. The van der Waals surface area contributed by atoms with Gasteiger partial charge in [-0.15, -0.1) is 0 Å². The second-order valence-corrected chi connectivity index (χ2v) is 7.21. The Hall–Kier alpha value is -3.26. The smallest absolute Gasteiger partial charge is 0.408 e. The number of carbonyl (C=O) groups is 2. The Morgan fingerprint density at radius 2 is 1.90 bits per heavy atom. The van der Waals surface area contributed by atoms with Crippen LogP contribution in [0.25, 0.3) is 0 Å². The lowest BCUT2D eigenvalue weighted by atomic mass is 10.0. The summed E-state index contributed by atoms with van der Waals surface area (Å²) in [4.78, 5) is 30.1. The quantitative estimate of drug-likeness (QED) is 0.595. The highest BCUT2D eigenvalue weighted by Gasteiger charge is 2.25. The first-order valence-electron chi connectivity index (χ1n) is 9.40. The first kappa shape index (κ1) is 21.4. The molecular formula is C21H22ClN3O5. The Morgan fingerprint density at radius 1 is 1.17 bits per heavy atom. The van der Waals surface area contributed by atoms with Gasteiger partial charge in [0.05, 0.1) is 6.54 Å². The highest BCUT2D eigenvalue weighted by molar-refractivity contribution is 6.65. The van der Waals surface area contributed by atoms with Crippen LogP contribution < -0.4 is 10.6 Å². The van der Waals surface area contributed by atoms with Gasteiger partial charge in [0.25, 0.3) is 0 Å². The molecule has 2 aromatic rings. The van der Waals surface area contributed by atoms with Gasteiger partial charge < -0.3 is 25.3 Å². The van der Waals surface area contributed by atoms with Crippen molar-refractivity contribution in [2.45, 2.75) is 31.6 Å². The Balaban J connectivity index is 1.58. The number of phenolic OH excluding ortho intramolecular Hbond substituents is 1. The number of aromatic hydroxyl groups is 1. The van der Waals surface area contributed by atoms with Gasteiger partial charge in [0.1, 0.15) is 23.6 Å². The second kappa shape index (κ2) is 10.5. The fraction of sp³-hybridized carbons (Fsp3) is 0.286. The van der Waals surface area contributed by atoms with Crippen molar-refractivity contribution in [2.24, 2.45) is 5.16 Å². The maximum atomic E-state index is 12.7. The fourth-order valence-corrected chi connectivity index (χ4v) is 3.04. The number of nitrogens with one attached hydrogen (secondary N) is 2. The van der Waals surface area contributed by atoms with E-state index < -0.39 is 18.0 Å². The van der Waals surface area contributed by atoms with Crippen LogP contribution in [-0.4, -0.2) is 41.0 Å². The van der Waals surface area contributed by atoms with Crippen molar-refractivity contribution in [3.05, 3.63) is 65.7 Å². The van der Waals surface area contributed by atoms with E-state index in [4.69, 9.17) is 21.2 Å². The molecule has 1 unspecified atom stereocenters. The molecule has 0 saturated carbocycles. The number of benzene rings is 2. The largest absolute Gasteiger partial charge is 0.508 e. The fourth-order valence-electron chi connectivity index (χ4n) is 2.83. The molecule has 2 atom stereocenters. The molecule has 1 heterocycles. The normalized spacial score (nSPS) is 16.2. The zero-order valence-electron chi connectivity index (χ0n) is 16.1. The number of oxime groups is 1. The number of phenols is 1. The predicted octanol–water partition coefficient (Wildman–Crippen LogP) is 2.69. The summed E-state index contributed by atoms with van der Waals surface area (Å²) in [5.41, 5.74) is 1.60.